The molecule has 1 aliphatic heterocycles. The molecule has 1 aromatic carbocycles. The van der Waals surface area contributed by atoms with Gasteiger partial charge in [-0.25, -0.2) is 4.79 Å². The minimum Gasteiger partial charge on any atom is -0.480 e. The minimum atomic E-state index is -1.00. The molecule has 0 aromatic heterocycles. The number of likely N-dealkylation sites (tertiary alicyclic amines) is 1. The lowest BCUT2D eigenvalue weighted by Crippen LogP contribution is -2.49. The van der Waals surface area contributed by atoms with Crippen molar-refractivity contribution in [2.45, 2.75) is 25.8 Å². The highest BCUT2D eigenvalue weighted by atomic mass is 16.4. The molecule has 1 saturated heterocycles. The second-order valence-electron chi connectivity index (χ2n) is 6.29. The number of aliphatic carboxylic acids is 1. The molecule has 0 aliphatic carbocycles. The molecule has 4 nitrogen and oxygen atoms in total. The fourth-order valence-corrected chi connectivity index (χ4v) is 3.23. The van der Waals surface area contributed by atoms with Crippen LogP contribution in [0, 0.1) is 11.8 Å². The third kappa shape index (κ3) is 3.27. The largest absolute Gasteiger partial charge is 0.480 e. The fraction of sp³-hybridized carbons (Fsp3) is 0.588. The summed E-state index contributed by atoms with van der Waals surface area (Å²) in [4.78, 5) is 14.3. The second kappa shape index (κ2) is 6.58. The minimum absolute atomic E-state index is 0.572. The van der Waals surface area contributed by atoms with Crippen molar-refractivity contribution in [2.75, 3.05) is 26.7 Å². The monoisotopic (exact) mass is 290 g/mol. The van der Waals surface area contributed by atoms with Crippen LogP contribution in [0.2, 0.25) is 0 Å². The molecule has 2 N–H and O–H groups in total. The van der Waals surface area contributed by atoms with Crippen molar-refractivity contribution in [3.8, 4) is 0 Å². The van der Waals surface area contributed by atoms with Gasteiger partial charge in [0.25, 0.3) is 0 Å². The zero-order valence-electron chi connectivity index (χ0n) is 13.2. The van der Waals surface area contributed by atoms with Gasteiger partial charge in [0.15, 0.2) is 0 Å². The van der Waals surface area contributed by atoms with Gasteiger partial charge >= 0.3 is 5.97 Å². The molecule has 3 unspecified atom stereocenters. The number of rotatable bonds is 6. The first-order valence-electron chi connectivity index (χ1n) is 7.70. The van der Waals surface area contributed by atoms with Gasteiger partial charge in [-0.1, -0.05) is 44.2 Å². The van der Waals surface area contributed by atoms with Crippen LogP contribution in [0.5, 0.6) is 0 Å². The van der Waals surface area contributed by atoms with E-state index in [1.807, 2.05) is 30.3 Å². The van der Waals surface area contributed by atoms with E-state index in [4.69, 9.17) is 0 Å². The standard InChI is InChI=1S/C17H26N2O2/c1-13-11-19(12-14(13)2)10-9-17(18-3,16(20)21)15-7-5-4-6-8-15/h4-8,13-14,18H,9-12H2,1-3H3,(H,20,21). The SMILES string of the molecule is CNC(CCN1CC(C)C(C)C1)(C(=O)O)c1ccccc1. The Morgan fingerprint density at radius 2 is 1.86 bits per heavy atom. The summed E-state index contributed by atoms with van der Waals surface area (Å²) in [5.74, 6) is 0.572. The zero-order chi connectivity index (χ0) is 15.5. The maximum Gasteiger partial charge on any atom is 0.328 e. The van der Waals surface area contributed by atoms with Gasteiger partial charge in [0.2, 0.25) is 0 Å². The summed E-state index contributed by atoms with van der Waals surface area (Å²) in [7, 11) is 1.73. The molecule has 0 amide bonds. The fourth-order valence-electron chi connectivity index (χ4n) is 3.23. The quantitative estimate of drug-likeness (QED) is 0.843. The van der Waals surface area contributed by atoms with Crippen molar-refractivity contribution in [3.63, 3.8) is 0 Å². The molecule has 2 rings (SSSR count). The van der Waals surface area contributed by atoms with E-state index in [-0.39, 0.29) is 0 Å². The Balaban J connectivity index is 2.13. The molecule has 0 saturated carbocycles. The van der Waals surface area contributed by atoms with E-state index in [1.54, 1.807) is 7.05 Å². The topological polar surface area (TPSA) is 52.6 Å². The van der Waals surface area contributed by atoms with E-state index in [9.17, 15) is 9.90 Å². The number of carboxylic acid groups (broad SMARTS) is 1. The van der Waals surface area contributed by atoms with Crippen molar-refractivity contribution in [2.24, 2.45) is 11.8 Å². The molecule has 0 spiro atoms. The molecule has 1 heterocycles. The Morgan fingerprint density at radius 1 is 1.29 bits per heavy atom. The summed E-state index contributed by atoms with van der Waals surface area (Å²) in [5, 5.41) is 12.8. The number of hydrogen-bond donors (Lipinski definition) is 2. The van der Waals surface area contributed by atoms with Crippen LogP contribution in [0.1, 0.15) is 25.8 Å². The van der Waals surface area contributed by atoms with Crippen LogP contribution < -0.4 is 5.32 Å². The van der Waals surface area contributed by atoms with Crippen molar-refractivity contribution in [1.82, 2.24) is 10.2 Å². The molecule has 0 bridgehead atoms. The molecule has 0 radical (unpaired) electrons. The van der Waals surface area contributed by atoms with Crippen molar-refractivity contribution in [3.05, 3.63) is 35.9 Å². The highest BCUT2D eigenvalue weighted by molar-refractivity contribution is 5.80. The first kappa shape index (κ1) is 16.0. The maximum atomic E-state index is 11.9. The number of hydrogen-bond acceptors (Lipinski definition) is 3. The summed E-state index contributed by atoms with van der Waals surface area (Å²) in [6, 6.07) is 9.48. The van der Waals surface area contributed by atoms with Gasteiger partial charge in [-0.3, -0.25) is 0 Å². The van der Waals surface area contributed by atoms with Crippen LogP contribution in [0.15, 0.2) is 30.3 Å². The zero-order valence-corrected chi connectivity index (χ0v) is 13.2. The summed E-state index contributed by atoms with van der Waals surface area (Å²) in [6.45, 7) is 7.47. The average Bonchev–Trinajstić information content (AvgIpc) is 2.80. The van der Waals surface area contributed by atoms with Gasteiger partial charge in [-0.15, -0.1) is 0 Å². The van der Waals surface area contributed by atoms with Gasteiger partial charge in [0.1, 0.15) is 5.54 Å². The number of benzene rings is 1. The van der Waals surface area contributed by atoms with Gasteiger partial charge in [-0.2, -0.15) is 0 Å². The number of likely N-dealkylation sites (N-methyl/N-ethyl adjacent to an activating group) is 1. The summed E-state index contributed by atoms with van der Waals surface area (Å²) < 4.78 is 0. The van der Waals surface area contributed by atoms with E-state index < -0.39 is 11.5 Å². The highest BCUT2D eigenvalue weighted by Crippen LogP contribution is 2.28. The Bertz CT molecular complexity index is 467. The first-order valence-corrected chi connectivity index (χ1v) is 7.70. The predicted octanol–water partition coefficient (Wildman–Crippen LogP) is 2.16. The van der Waals surface area contributed by atoms with Crippen LogP contribution in [-0.4, -0.2) is 42.7 Å². The van der Waals surface area contributed by atoms with E-state index in [2.05, 4.69) is 24.1 Å². The van der Waals surface area contributed by atoms with Crippen LogP contribution in [0.4, 0.5) is 0 Å². The normalized spacial score (nSPS) is 25.7. The lowest BCUT2D eigenvalue weighted by molar-refractivity contribution is -0.145. The van der Waals surface area contributed by atoms with Crippen LogP contribution in [0.3, 0.4) is 0 Å². The number of carbonyl (C=O) groups is 1. The van der Waals surface area contributed by atoms with Gasteiger partial charge < -0.3 is 15.3 Å². The number of nitrogens with one attached hydrogen (secondary N) is 1. The van der Waals surface area contributed by atoms with Gasteiger partial charge in [0, 0.05) is 19.6 Å². The van der Waals surface area contributed by atoms with Gasteiger partial charge in [-0.05, 0) is 30.9 Å². The molecule has 1 aromatic rings. The Morgan fingerprint density at radius 3 is 2.33 bits per heavy atom. The molecule has 116 valence electrons. The first-order chi connectivity index (χ1) is 9.99. The molecule has 4 heteroatoms. The summed E-state index contributed by atoms with van der Waals surface area (Å²) in [6.07, 6.45) is 0.572. The van der Waals surface area contributed by atoms with Crippen molar-refractivity contribution >= 4 is 5.97 Å². The molecule has 21 heavy (non-hydrogen) atoms. The second-order valence-corrected chi connectivity index (χ2v) is 6.29. The molecular formula is C17H26N2O2. The molecular weight excluding hydrogens is 264 g/mol. The molecule has 1 aliphatic rings. The highest BCUT2D eigenvalue weighted by Gasteiger charge is 2.39. The van der Waals surface area contributed by atoms with Crippen molar-refractivity contribution < 1.29 is 9.90 Å². The third-order valence-corrected chi connectivity index (χ3v) is 4.93. The number of carboxylic acids is 1. The average molecular weight is 290 g/mol. The lowest BCUT2D eigenvalue weighted by atomic mass is 9.86. The van der Waals surface area contributed by atoms with Crippen LogP contribution in [-0.2, 0) is 10.3 Å². The van der Waals surface area contributed by atoms with E-state index in [0.717, 1.165) is 25.2 Å². The molecule has 3 atom stereocenters. The van der Waals surface area contributed by atoms with Crippen LogP contribution in [0.25, 0.3) is 0 Å². The summed E-state index contributed by atoms with van der Waals surface area (Å²) in [5.41, 5.74) is -0.184. The summed E-state index contributed by atoms with van der Waals surface area (Å²) >= 11 is 0. The predicted molar refractivity (Wildman–Crippen MR) is 84.2 cm³/mol. The van der Waals surface area contributed by atoms with Gasteiger partial charge in [0.05, 0.1) is 0 Å². The lowest BCUT2D eigenvalue weighted by Gasteiger charge is -2.31. The molecule has 1 fully saturated rings. The van der Waals surface area contributed by atoms with E-state index in [1.165, 1.54) is 0 Å². The Kier molecular flexibility index (Phi) is 5.01. The third-order valence-electron chi connectivity index (χ3n) is 4.93. The Labute approximate surface area is 127 Å². The van der Waals surface area contributed by atoms with E-state index >= 15 is 0 Å². The van der Waals surface area contributed by atoms with Crippen LogP contribution >= 0.6 is 0 Å². The Hall–Kier alpha value is -1.39. The smallest absolute Gasteiger partial charge is 0.328 e. The number of nitrogens with zero attached hydrogens (tertiary/aromatic N) is 1. The van der Waals surface area contributed by atoms with E-state index in [0.29, 0.717) is 18.3 Å². The maximum absolute atomic E-state index is 11.9. The van der Waals surface area contributed by atoms with Crippen molar-refractivity contribution in [1.29, 1.82) is 0 Å².